The van der Waals surface area contributed by atoms with Crippen molar-refractivity contribution in [1.29, 1.82) is 0 Å². The third-order valence-electron chi connectivity index (χ3n) is 3.98. The summed E-state index contributed by atoms with van der Waals surface area (Å²) in [5.41, 5.74) is 2.94. The SMILES string of the molecule is Cc1ncc(CNCCCO)c2cc(C(=O)c3ccc(Br)cc3)oc12.Cl. The molecule has 0 amide bonds. The number of rotatable bonds is 7. The average Bonchev–Trinajstić information content (AvgIpc) is 3.07. The molecule has 5 nitrogen and oxygen atoms in total. The molecule has 2 N–H and O–H groups in total. The molecule has 138 valence electrons. The number of aryl methyl sites for hydroxylation is 1. The van der Waals surface area contributed by atoms with Crippen LogP contribution >= 0.6 is 28.3 Å². The van der Waals surface area contributed by atoms with Gasteiger partial charge in [-0.05, 0) is 55.8 Å². The normalized spacial score (nSPS) is 10.7. The van der Waals surface area contributed by atoms with E-state index >= 15 is 0 Å². The lowest BCUT2D eigenvalue weighted by atomic mass is 10.1. The molecule has 0 saturated carbocycles. The number of hydrogen-bond acceptors (Lipinski definition) is 5. The van der Waals surface area contributed by atoms with Crippen molar-refractivity contribution >= 4 is 45.1 Å². The predicted octanol–water partition coefficient (Wildman–Crippen LogP) is 4.02. The standard InChI is InChI=1S/C19H19BrN2O3.ClH/c1-12-19-16(14(11-22-12)10-21-7-2-8-23)9-17(25-19)18(24)13-3-5-15(20)6-4-13;/h3-6,9,11,21,23H,2,7-8,10H2,1H3;1H. The molecule has 0 aliphatic rings. The molecule has 0 atom stereocenters. The Labute approximate surface area is 166 Å². The molecular formula is C19H20BrClN2O3. The number of pyridine rings is 1. The van der Waals surface area contributed by atoms with Crippen LogP contribution in [0, 0.1) is 6.92 Å². The van der Waals surface area contributed by atoms with E-state index in [4.69, 9.17) is 9.52 Å². The Bertz CT molecular complexity index is 894. The molecule has 3 rings (SSSR count). The maximum Gasteiger partial charge on any atom is 0.228 e. The summed E-state index contributed by atoms with van der Waals surface area (Å²) in [7, 11) is 0. The van der Waals surface area contributed by atoms with Crippen LogP contribution in [-0.4, -0.2) is 29.0 Å². The van der Waals surface area contributed by atoms with E-state index in [0.717, 1.165) is 21.1 Å². The number of aromatic nitrogens is 1. The van der Waals surface area contributed by atoms with E-state index in [0.29, 0.717) is 36.4 Å². The number of aliphatic hydroxyl groups excluding tert-OH is 1. The first-order valence-electron chi connectivity index (χ1n) is 8.10. The molecule has 7 heteroatoms. The van der Waals surface area contributed by atoms with E-state index in [9.17, 15) is 4.79 Å². The molecule has 0 bridgehead atoms. The van der Waals surface area contributed by atoms with Gasteiger partial charge in [0.05, 0.1) is 5.69 Å². The summed E-state index contributed by atoms with van der Waals surface area (Å²) < 4.78 is 6.74. The lowest BCUT2D eigenvalue weighted by Crippen LogP contribution is -2.16. The fraction of sp³-hybridized carbons (Fsp3) is 0.263. The Morgan fingerprint density at radius 2 is 2.04 bits per heavy atom. The molecule has 0 unspecified atom stereocenters. The monoisotopic (exact) mass is 438 g/mol. The van der Waals surface area contributed by atoms with Crippen molar-refractivity contribution in [2.24, 2.45) is 0 Å². The Kier molecular flexibility index (Phi) is 7.34. The van der Waals surface area contributed by atoms with Gasteiger partial charge in [-0.2, -0.15) is 0 Å². The minimum Gasteiger partial charge on any atom is -0.451 e. The van der Waals surface area contributed by atoms with Crippen LogP contribution in [0.3, 0.4) is 0 Å². The van der Waals surface area contributed by atoms with E-state index in [-0.39, 0.29) is 24.8 Å². The Morgan fingerprint density at radius 3 is 2.73 bits per heavy atom. The van der Waals surface area contributed by atoms with Gasteiger partial charge in [0.2, 0.25) is 5.78 Å². The molecular weight excluding hydrogens is 420 g/mol. The summed E-state index contributed by atoms with van der Waals surface area (Å²) in [6, 6.07) is 8.99. The van der Waals surface area contributed by atoms with Crippen LogP contribution in [0.25, 0.3) is 11.0 Å². The van der Waals surface area contributed by atoms with Gasteiger partial charge in [-0.25, -0.2) is 0 Å². The minimum absolute atomic E-state index is 0. The van der Waals surface area contributed by atoms with E-state index in [2.05, 4.69) is 26.2 Å². The van der Waals surface area contributed by atoms with Gasteiger partial charge >= 0.3 is 0 Å². The Hall–Kier alpha value is -1.73. The highest BCUT2D eigenvalue weighted by Gasteiger charge is 2.18. The maximum absolute atomic E-state index is 12.7. The largest absolute Gasteiger partial charge is 0.451 e. The Morgan fingerprint density at radius 1 is 1.31 bits per heavy atom. The van der Waals surface area contributed by atoms with Gasteiger partial charge in [0, 0.05) is 34.8 Å². The van der Waals surface area contributed by atoms with Gasteiger partial charge < -0.3 is 14.8 Å². The maximum atomic E-state index is 12.7. The number of fused-ring (bicyclic) bond motifs is 1. The number of carbonyl (C=O) groups is 1. The third-order valence-corrected chi connectivity index (χ3v) is 4.51. The highest BCUT2D eigenvalue weighted by Crippen LogP contribution is 2.26. The number of benzene rings is 1. The number of hydrogen-bond donors (Lipinski definition) is 2. The molecule has 2 heterocycles. The van der Waals surface area contributed by atoms with Crippen molar-refractivity contribution in [3.05, 3.63) is 63.6 Å². The van der Waals surface area contributed by atoms with Crippen molar-refractivity contribution in [2.45, 2.75) is 19.9 Å². The molecule has 2 aromatic heterocycles. The number of nitrogens with one attached hydrogen (secondary N) is 1. The second-order valence-corrected chi connectivity index (χ2v) is 6.73. The van der Waals surface area contributed by atoms with Crippen molar-refractivity contribution in [3.63, 3.8) is 0 Å². The molecule has 1 aromatic carbocycles. The second kappa shape index (κ2) is 9.28. The topological polar surface area (TPSA) is 75.4 Å². The van der Waals surface area contributed by atoms with Crippen LogP contribution in [0.4, 0.5) is 0 Å². The lowest BCUT2D eigenvalue weighted by molar-refractivity contribution is 0.101. The summed E-state index contributed by atoms with van der Waals surface area (Å²) in [5.74, 6) is 0.160. The smallest absolute Gasteiger partial charge is 0.228 e. The summed E-state index contributed by atoms with van der Waals surface area (Å²) in [6.07, 6.45) is 2.49. The zero-order valence-electron chi connectivity index (χ0n) is 14.3. The molecule has 0 fully saturated rings. The quantitative estimate of drug-likeness (QED) is 0.429. The van der Waals surface area contributed by atoms with E-state index in [1.807, 2.05) is 19.1 Å². The number of ketones is 1. The van der Waals surface area contributed by atoms with Crippen LogP contribution in [-0.2, 0) is 6.54 Å². The predicted molar refractivity (Wildman–Crippen MR) is 107 cm³/mol. The molecule has 26 heavy (non-hydrogen) atoms. The highest BCUT2D eigenvalue weighted by molar-refractivity contribution is 9.10. The zero-order valence-corrected chi connectivity index (χ0v) is 16.7. The first-order valence-corrected chi connectivity index (χ1v) is 8.89. The first kappa shape index (κ1) is 20.6. The van der Waals surface area contributed by atoms with Crippen LogP contribution in [0.2, 0.25) is 0 Å². The summed E-state index contributed by atoms with van der Waals surface area (Å²) in [5, 5.41) is 13.0. The number of furan rings is 1. The van der Waals surface area contributed by atoms with Gasteiger partial charge in [-0.15, -0.1) is 12.4 Å². The Balaban J connectivity index is 0.00000243. The van der Waals surface area contributed by atoms with Crippen molar-refractivity contribution in [2.75, 3.05) is 13.2 Å². The van der Waals surface area contributed by atoms with Crippen LogP contribution < -0.4 is 5.32 Å². The number of nitrogens with zero attached hydrogens (tertiary/aromatic N) is 1. The number of aliphatic hydroxyl groups is 1. The van der Waals surface area contributed by atoms with E-state index in [1.165, 1.54) is 0 Å². The molecule has 0 radical (unpaired) electrons. The van der Waals surface area contributed by atoms with Gasteiger partial charge in [-0.3, -0.25) is 9.78 Å². The van der Waals surface area contributed by atoms with Crippen LogP contribution in [0.15, 0.2) is 45.4 Å². The van der Waals surface area contributed by atoms with Gasteiger partial charge in [0.15, 0.2) is 11.3 Å². The summed E-state index contributed by atoms with van der Waals surface area (Å²) >= 11 is 3.37. The summed E-state index contributed by atoms with van der Waals surface area (Å²) in [6.45, 7) is 3.35. The number of halogens is 2. The van der Waals surface area contributed by atoms with Gasteiger partial charge in [0.1, 0.15) is 0 Å². The van der Waals surface area contributed by atoms with Gasteiger partial charge in [-0.1, -0.05) is 15.9 Å². The minimum atomic E-state index is -0.151. The van der Waals surface area contributed by atoms with Crippen LogP contribution in [0.1, 0.15) is 33.8 Å². The van der Waals surface area contributed by atoms with E-state index in [1.54, 1.807) is 24.4 Å². The third kappa shape index (κ3) is 4.51. The zero-order chi connectivity index (χ0) is 17.8. The second-order valence-electron chi connectivity index (χ2n) is 5.81. The first-order chi connectivity index (χ1) is 12.1. The summed E-state index contributed by atoms with van der Waals surface area (Å²) in [4.78, 5) is 17.0. The van der Waals surface area contributed by atoms with Crippen molar-refractivity contribution < 1.29 is 14.3 Å². The van der Waals surface area contributed by atoms with Crippen molar-refractivity contribution in [3.8, 4) is 0 Å². The fourth-order valence-corrected chi connectivity index (χ4v) is 2.89. The fourth-order valence-electron chi connectivity index (χ4n) is 2.62. The lowest BCUT2D eigenvalue weighted by Gasteiger charge is -2.05. The average molecular weight is 440 g/mol. The molecule has 0 saturated heterocycles. The molecule has 3 aromatic rings. The number of carbonyl (C=O) groups excluding carboxylic acids is 1. The van der Waals surface area contributed by atoms with Gasteiger partial charge in [0.25, 0.3) is 0 Å². The van der Waals surface area contributed by atoms with Crippen molar-refractivity contribution in [1.82, 2.24) is 10.3 Å². The molecule has 0 spiro atoms. The van der Waals surface area contributed by atoms with E-state index < -0.39 is 0 Å². The molecule has 0 aliphatic carbocycles. The molecule has 0 aliphatic heterocycles. The van der Waals surface area contributed by atoms with Crippen LogP contribution in [0.5, 0.6) is 0 Å². The highest BCUT2D eigenvalue weighted by atomic mass is 79.9.